The van der Waals surface area contributed by atoms with Gasteiger partial charge in [0, 0.05) is 31.8 Å². The van der Waals surface area contributed by atoms with E-state index in [0.29, 0.717) is 29.4 Å². The number of rotatable bonds is 6. The number of nitrogens with zero attached hydrogens (tertiary/aromatic N) is 2. The summed E-state index contributed by atoms with van der Waals surface area (Å²) in [6.45, 7) is 1.29. The van der Waals surface area contributed by atoms with Crippen molar-refractivity contribution < 1.29 is 19.0 Å². The van der Waals surface area contributed by atoms with Crippen LogP contribution < -0.4 is 14.8 Å². The number of aromatic nitrogens is 2. The van der Waals surface area contributed by atoms with Gasteiger partial charge in [0.05, 0.1) is 26.0 Å². The second kappa shape index (κ2) is 7.57. The molecule has 25 heavy (non-hydrogen) atoms. The molecule has 1 amide bonds. The first-order valence-electron chi connectivity index (χ1n) is 8.28. The lowest BCUT2D eigenvalue weighted by atomic mass is 10.1. The second-order valence-electron chi connectivity index (χ2n) is 5.95. The van der Waals surface area contributed by atoms with Gasteiger partial charge in [0.2, 0.25) is 0 Å². The molecule has 1 aliphatic rings. The van der Waals surface area contributed by atoms with E-state index >= 15 is 0 Å². The highest BCUT2D eigenvalue weighted by Gasteiger charge is 2.20. The topological polar surface area (TPSA) is 74.6 Å². The Kier molecular flexibility index (Phi) is 5.23. The minimum Gasteiger partial charge on any atom is -0.497 e. The van der Waals surface area contributed by atoms with Crippen molar-refractivity contribution in [3.05, 3.63) is 30.0 Å². The Bertz CT molecular complexity index is 751. The van der Waals surface area contributed by atoms with E-state index < -0.39 is 0 Å². The summed E-state index contributed by atoms with van der Waals surface area (Å²) in [6, 6.07) is 7.26. The lowest BCUT2D eigenvalue weighted by molar-refractivity contribution is 0.0850. The van der Waals surface area contributed by atoms with Crippen LogP contribution in [0, 0.1) is 0 Å². The van der Waals surface area contributed by atoms with Gasteiger partial charge >= 0.3 is 0 Å². The molecule has 0 aliphatic carbocycles. The van der Waals surface area contributed by atoms with Crippen LogP contribution in [-0.4, -0.2) is 49.2 Å². The van der Waals surface area contributed by atoms with Gasteiger partial charge in [0.1, 0.15) is 17.2 Å². The van der Waals surface area contributed by atoms with Crippen LogP contribution in [-0.2, 0) is 11.8 Å². The number of carbonyl (C=O) groups is 1. The predicted octanol–water partition coefficient (Wildman–Crippen LogP) is 2.01. The maximum atomic E-state index is 12.4. The first kappa shape index (κ1) is 17.3. The molecule has 1 fully saturated rings. The fourth-order valence-electron chi connectivity index (χ4n) is 2.92. The molecular formula is C18H23N3O4. The van der Waals surface area contributed by atoms with Crippen molar-refractivity contribution in [2.75, 3.05) is 27.4 Å². The maximum Gasteiger partial charge on any atom is 0.269 e. The highest BCUT2D eigenvalue weighted by molar-refractivity contribution is 5.94. The third kappa shape index (κ3) is 3.76. The van der Waals surface area contributed by atoms with Crippen molar-refractivity contribution in [1.29, 1.82) is 0 Å². The molecule has 2 heterocycles. The summed E-state index contributed by atoms with van der Waals surface area (Å²) < 4.78 is 17.7. The molecule has 134 valence electrons. The Hall–Kier alpha value is -2.54. The van der Waals surface area contributed by atoms with E-state index in [0.717, 1.165) is 25.0 Å². The molecule has 1 unspecified atom stereocenters. The molecule has 1 atom stereocenters. The molecule has 1 saturated heterocycles. The number of aryl methyl sites for hydroxylation is 1. The summed E-state index contributed by atoms with van der Waals surface area (Å²) in [6.07, 6.45) is 2.14. The molecule has 7 nitrogen and oxygen atoms in total. The van der Waals surface area contributed by atoms with Gasteiger partial charge in [-0.25, -0.2) is 0 Å². The number of nitrogens with one attached hydrogen (secondary N) is 1. The summed E-state index contributed by atoms with van der Waals surface area (Å²) >= 11 is 0. The summed E-state index contributed by atoms with van der Waals surface area (Å²) in [4.78, 5) is 12.4. The van der Waals surface area contributed by atoms with Crippen molar-refractivity contribution in [3.63, 3.8) is 0 Å². The Morgan fingerprint density at radius 1 is 1.36 bits per heavy atom. The zero-order valence-electron chi connectivity index (χ0n) is 14.7. The van der Waals surface area contributed by atoms with Crippen molar-refractivity contribution in [2.24, 2.45) is 7.05 Å². The molecule has 1 aromatic carbocycles. The largest absolute Gasteiger partial charge is 0.497 e. The van der Waals surface area contributed by atoms with E-state index in [9.17, 15) is 4.79 Å². The SMILES string of the molecule is COc1ccc(-c2cc(C(=O)NCC3CCCO3)n(C)n2)c(OC)c1. The average Bonchev–Trinajstić information content (AvgIpc) is 3.28. The molecule has 2 aromatic rings. The Balaban J connectivity index is 1.78. The summed E-state index contributed by atoms with van der Waals surface area (Å²) in [5.41, 5.74) is 1.97. The highest BCUT2D eigenvalue weighted by Crippen LogP contribution is 2.32. The van der Waals surface area contributed by atoms with E-state index in [1.165, 1.54) is 0 Å². The normalized spacial score (nSPS) is 16.7. The molecule has 0 radical (unpaired) electrons. The first-order chi connectivity index (χ1) is 12.1. The number of ether oxygens (including phenoxy) is 3. The van der Waals surface area contributed by atoms with Gasteiger partial charge in [-0.3, -0.25) is 9.48 Å². The van der Waals surface area contributed by atoms with Crippen LogP contribution in [0.2, 0.25) is 0 Å². The first-order valence-corrected chi connectivity index (χ1v) is 8.28. The van der Waals surface area contributed by atoms with Crippen LogP contribution in [0.1, 0.15) is 23.3 Å². The van der Waals surface area contributed by atoms with Crippen molar-refractivity contribution in [2.45, 2.75) is 18.9 Å². The zero-order chi connectivity index (χ0) is 17.8. The number of methoxy groups -OCH3 is 2. The number of benzene rings is 1. The van der Waals surface area contributed by atoms with E-state index in [4.69, 9.17) is 14.2 Å². The Labute approximate surface area is 146 Å². The van der Waals surface area contributed by atoms with Crippen LogP contribution in [0.5, 0.6) is 11.5 Å². The smallest absolute Gasteiger partial charge is 0.269 e. The standard InChI is InChI=1S/C18H23N3O4/c1-21-16(18(22)19-11-13-5-4-8-25-13)10-15(20-21)14-7-6-12(23-2)9-17(14)24-3/h6-7,9-10,13H,4-5,8,11H2,1-3H3,(H,19,22). The zero-order valence-corrected chi connectivity index (χ0v) is 14.7. The van der Waals surface area contributed by atoms with Gasteiger partial charge in [0.15, 0.2) is 0 Å². The van der Waals surface area contributed by atoms with Crippen molar-refractivity contribution in [3.8, 4) is 22.8 Å². The van der Waals surface area contributed by atoms with Gasteiger partial charge in [-0.2, -0.15) is 5.10 Å². The molecule has 1 aromatic heterocycles. The van der Waals surface area contributed by atoms with E-state index in [1.807, 2.05) is 12.1 Å². The van der Waals surface area contributed by atoms with Crippen LogP contribution in [0.25, 0.3) is 11.3 Å². The van der Waals surface area contributed by atoms with Crippen LogP contribution >= 0.6 is 0 Å². The maximum absolute atomic E-state index is 12.4. The Morgan fingerprint density at radius 2 is 2.20 bits per heavy atom. The quantitative estimate of drug-likeness (QED) is 0.867. The summed E-state index contributed by atoms with van der Waals surface area (Å²) in [5.74, 6) is 1.18. The third-order valence-corrected chi connectivity index (χ3v) is 4.31. The lowest BCUT2D eigenvalue weighted by Crippen LogP contribution is -2.32. The summed E-state index contributed by atoms with van der Waals surface area (Å²) in [7, 11) is 4.95. The van der Waals surface area contributed by atoms with Gasteiger partial charge in [-0.1, -0.05) is 0 Å². The minimum absolute atomic E-state index is 0.110. The minimum atomic E-state index is -0.163. The number of hydrogen-bond donors (Lipinski definition) is 1. The van der Waals surface area contributed by atoms with Gasteiger partial charge in [0.25, 0.3) is 5.91 Å². The van der Waals surface area contributed by atoms with E-state index in [-0.39, 0.29) is 12.0 Å². The van der Waals surface area contributed by atoms with Crippen molar-refractivity contribution in [1.82, 2.24) is 15.1 Å². The van der Waals surface area contributed by atoms with Gasteiger partial charge < -0.3 is 19.5 Å². The van der Waals surface area contributed by atoms with Gasteiger partial charge in [-0.15, -0.1) is 0 Å². The monoisotopic (exact) mass is 345 g/mol. The Morgan fingerprint density at radius 3 is 2.88 bits per heavy atom. The molecule has 0 saturated carbocycles. The molecule has 0 bridgehead atoms. The van der Waals surface area contributed by atoms with Crippen molar-refractivity contribution >= 4 is 5.91 Å². The number of hydrogen-bond acceptors (Lipinski definition) is 5. The van der Waals surface area contributed by atoms with Crippen LogP contribution in [0.3, 0.4) is 0 Å². The van der Waals surface area contributed by atoms with Crippen LogP contribution in [0.4, 0.5) is 0 Å². The predicted molar refractivity (Wildman–Crippen MR) is 93.1 cm³/mol. The van der Waals surface area contributed by atoms with Crippen LogP contribution in [0.15, 0.2) is 24.3 Å². The molecule has 1 N–H and O–H groups in total. The lowest BCUT2D eigenvalue weighted by Gasteiger charge is -2.10. The highest BCUT2D eigenvalue weighted by atomic mass is 16.5. The fourth-order valence-corrected chi connectivity index (χ4v) is 2.92. The summed E-state index contributed by atoms with van der Waals surface area (Å²) in [5, 5.41) is 7.37. The third-order valence-electron chi connectivity index (χ3n) is 4.31. The molecule has 7 heteroatoms. The average molecular weight is 345 g/mol. The number of carbonyl (C=O) groups excluding carboxylic acids is 1. The van der Waals surface area contributed by atoms with Gasteiger partial charge in [-0.05, 0) is 31.0 Å². The molecular weight excluding hydrogens is 322 g/mol. The molecule has 0 spiro atoms. The molecule has 1 aliphatic heterocycles. The van der Waals surface area contributed by atoms with E-state index in [1.54, 1.807) is 38.1 Å². The fraction of sp³-hybridized carbons (Fsp3) is 0.444. The van der Waals surface area contributed by atoms with E-state index in [2.05, 4.69) is 10.4 Å². The second-order valence-corrected chi connectivity index (χ2v) is 5.95. The number of amides is 1. The molecule has 3 rings (SSSR count).